The number of amides is 1. The molecule has 2 aliphatic heterocycles. The van der Waals surface area contributed by atoms with Gasteiger partial charge in [-0.3, -0.25) is 4.79 Å². The summed E-state index contributed by atoms with van der Waals surface area (Å²) in [7, 11) is 1.43. The fourth-order valence-electron chi connectivity index (χ4n) is 3.90. The SMILES string of the molecule is COc1cnc(C(=O)Nc2ccc(F)c(C3(CF)N=C(N)OC4CCOCC43)c2)cn1. The zero-order valence-electron chi connectivity index (χ0n) is 16.7. The van der Waals surface area contributed by atoms with E-state index in [2.05, 4.69) is 20.3 Å². The molecule has 0 bridgehead atoms. The van der Waals surface area contributed by atoms with E-state index in [4.69, 9.17) is 19.9 Å². The molecule has 3 N–H and O–H groups in total. The molecular formula is C20H21F2N5O4. The van der Waals surface area contributed by atoms with Gasteiger partial charge in [0.25, 0.3) is 11.9 Å². The Morgan fingerprint density at radius 1 is 1.39 bits per heavy atom. The molecule has 11 heteroatoms. The Morgan fingerprint density at radius 2 is 2.23 bits per heavy atom. The van der Waals surface area contributed by atoms with Crippen LogP contribution < -0.4 is 15.8 Å². The number of amidine groups is 1. The maximum Gasteiger partial charge on any atom is 0.283 e. The van der Waals surface area contributed by atoms with Gasteiger partial charge in [0.15, 0.2) is 0 Å². The molecule has 0 aliphatic carbocycles. The van der Waals surface area contributed by atoms with Crippen molar-refractivity contribution >= 4 is 17.6 Å². The summed E-state index contributed by atoms with van der Waals surface area (Å²) in [4.78, 5) is 24.6. The molecule has 164 valence electrons. The summed E-state index contributed by atoms with van der Waals surface area (Å²) in [6, 6.07) is 3.64. The third-order valence-corrected chi connectivity index (χ3v) is 5.45. The number of ether oxygens (including phenoxy) is 3. The van der Waals surface area contributed by atoms with Gasteiger partial charge in [0, 0.05) is 17.7 Å². The number of nitrogens with two attached hydrogens (primary N) is 1. The van der Waals surface area contributed by atoms with E-state index in [1.165, 1.54) is 31.6 Å². The number of halogens is 2. The number of nitrogens with zero attached hydrogens (tertiary/aromatic N) is 3. The van der Waals surface area contributed by atoms with Crippen LogP contribution in [0.5, 0.6) is 5.88 Å². The van der Waals surface area contributed by atoms with E-state index in [1.54, 1.807) is 0 Å². The van der Waals surface area contributed by atoms with Gasteiger partial charge < -0.3 is 25.3 Å². The van der Waals surface area contributed by atoms with Crippen LogP contribution in [0.4, 0.5) is 14.5 Å². The third kappa shape index (κ3) is 3.88. The standard InChI is InChI=1S/C20H21F2N5O4/c1-29-17-8-24-15(7-25-17)18(28)26-11-2-3-14(22)12(6-11)20(10-21)13-9-30-5-4-16(13)31-19(23)27-20/h2-3,6-8,13,16H,4-5,9-10H2,1H3,(H2,23,27)(H,26,28). The van der Waals surface area contributed by atoms with Crippen LogP contribution in [0.25, 0.3) is 0 Å². The topological polar surface area (TPSA) is 121 Å². The lowest BCUT2D eigenvalue weighted by Gasteiger charge is -2.45. The predicted molar refractivity (Wildman–Crippen MR) is 106 cm³/mol. The lowest BCUT2D eigenvalue weighted by Crippen LogP contribution is -2.54. The lowest BCUT2D eigenvalue weighted by molar-refractivity contribution is -0.0785. The molecule has 1 fully saturated rings. The van der Waals surface area contributed by atoms with Gasteiger partial charge in [-0.15, -0.1) is 0 Å². The number of aliphatic imine (C=N–C) groups is 1. The number of carbonyl (C=O) groups excluding carboxylic acids is 1. The second kappa shape index (κ2) is 8.42. The Balaban J connectivity index is 1.67. The molecule has 1 amide bonds. The van der Waals surface area contributed by atoms with Crippen LogP contribution in [0.2, 0.25) is 0 Å². The van der Waals surface area contributed by atoms with Gasteiger partial charge in [0.2, 0.25) is 5.88 Å². The van der Waals surface area contributed by atoms with Gasteiger partial charge in [-0.1, -0.05) is 0 Å². The van der Waals surface area contributed by atoms with E-state index < -0.39 is 36.0 Å². The van der Waals surface area contributed by atoms with Crippen LogP contribution in [0, 0.1) is 11.7 Å². The zero-order valence-corrected chi connectivity index (χ0v) is 16.7. The first-order valence-electron chi connectivity index (χ1n) is 9.60. The molecule has 1 saturated heterocycles. The molecule has 0 saturated carbocycles. The fraction of sp³-hybridized carbons (Fsp3) is 0.400. The Morgan fingerprint density at radius 3 is 2.94 bits per heavy atom. The molecule has 31 heavy (non-hydrogen) atoms. The van der Waals surface area contributed by atoms with E-state index in [1.807, 2.05) is 0 Å². The molecule has 3 unspecified atom stereocenters. The van der Waals surface area contributed by atoms with Crippen molar-refractivity contribution in [3.05, 3.63) is 47.7 Å². The Kier molecular flexibility index (Phi) is 5.68. The number of alkyl halides is 1. The summed E-state index contributed by atoms with van der Waals surface area (Å²) in [6.07, 6.45) is 2.58. The average Bonchev–Trinajstić information content (AvgIpc) is 2.79. The molecule has 3 heterocycles. The fourth-order valence-corrected chi connectivity index (χ4v) is 3.90. The number of carbonyl (C=O) groups is 1. The number of hydrogen-bond donors (Lipinski definition) is 2. The van der Waals surface area contributed by atoms with Gasteiger partial charge in [-0.05, 0) is 18.2 Å². The number of nitrogens with one attached hydrogen (secondary N) is 1. The molecular weight excluding hydrogens is 412 g/mol. The van der Waals surface area contributed by atoms with Crippen LogP contribution >= 0.6 is 0 Å². The first kappa shape index (κ1) is 20.9. The number of hydrogen-bond acceptors (Lipinski definition) is 8. The number of fused-ring (bicyclic) bond motifs is 1. The normalized spacial score (nSPS) is 25.1. The maximum atomic E-state index is 14.9. The molecule has 3 atom stereocenters. The summed E-state index contributed by atoms with van der Waals surface area (Å²) in [5.41, 5.74) is 4.40. The van der Waals surface area contributed by atoms with Crippen molar-refractivity contribution in [1.29, 1.82) is 0 Å². The molecule has 2 aromatic rings. The molecule has 0 spiro atoms. The first-order chi connectivity index (χ1) is 15.0. The number of methoxy groups -OCH3 is 1. The second-order valence-corrected chi connectivity index (χ2v) is 7.23. The Hall–Kier alpha value is -3.34. The minimum absolute atomic E-state index is 0.0287. The minimum Gasteiger partial charge on any atom is -0.480 e. The van der Waals surface area contributed by atoms with Crippen LogP contribution in [-0.2, 0) is 15.0 Å². The van der Waals surface area contributed by atoms with E-state index in [0.717, 1.165) is 6.07 Å². The van der Waals surface area contributed by atoms with Crippen molar-refractivity contribution in [2.75, 3.05) is 32.3 Å². The van der Waals surface area contributed by atoms with Gasteiger partial charge in [-0.2, -0.15) is 0 Å². The van der Waals surface area contributed by atoms with Crippen LogP contribution in [-0.4, -0.2) is 55.0 Å². The molecule has 9 nitrogen and oxygen atoms in total. The molecule has 1 aromatic carbocycles. The second-order valence-electron chi connectivity index (χ2n) is 7.23. The van der Waals surface area contributed by atoms with Crippen molar-refractivity contribution < 1.29 is 27.8 Å². The summed E-state index contributed by atoms with van der Waals surface area (Å²) in [5.74, 6) is -1.57. The number of benzene rings is 1. The number of anilines is 1. The van der Waals surface area contributed by atoms with Crippen molar-refractivity contribution in [1.82, 2.24) is 9.97 Å². The Bertz CT molecular complexity index is 1000. The van der Waals surface area contributed by atoms with E-state index in [-0.39, 0.29) is 35.5 Å². The van der Waals surface area contributed by atoms with Crippen molar-refractivity contribution in [2.24, 2.45) is 16.6 Å². The summed E-state index contributed by atoms with van der Waals surface area (Å²) in [6.45, 7) is -0.443. The van der Waals surface area contributed by atoms with Gasteiger partial charge in [0.1, 0.15) is 29.8 Å². The summed E-state index contributed by atoms with van der Waals surface area (Å²) >= 11 is 0. The minimum atomic E-state index is -1.63. The highest BCUT2D eigenvalue weighted by molar-refractivity contribution is 6.02. The lowest BCUT2D eigenvalue weighted by atomic mass is 9.74. The summed E-state index contributed by atoms with van der Waals surface area (Å²) < 4.78 is 45.4. The first-order valence-corrected chi connectivity index (χ1v) is 9.60. The molecule has 0 radical (unpaired) electrons. The number of aromatic nitrogens is 2. The van der Waals surface area contributed by atoms with Crippen LogP contribution in [0.1, 0.15) is 22.5 Å². The van der Waals surface area contributed by atoms with E-state index in [0.29, 0.717) is 13.0 Å². The van der Waals surface area contributed by atoms with E-state index in [9.17, 15) is 13.6 Å². The molecule has 1 aromatic heterocycles. The van der Waals surface area contributed by atoms with Crippen LogP contribution in [0.15, 0.2) is 35.6 Å². The van der Waals surface area contributed by atoms with E-state index >= 15 is 0 Å². The Labute approximate surface area is 176 Å². The van der Waals surface area contributed by atoms with Gasteiger partial charge >= 0.3 is 0 Å². The highest BCUT2D eigenvalue weighted by Gasteiger charge is 2.52. The number of rotatable bonds is 5. The smallest absolute Gasteiger partial charge is 0.283 e. The largest absolute Gasteiger partial charge is 0.480 e. The highest BCUT2D eigenvalue weighted by Crippen LogP contribution is 2.44. The molecule has 4 rings (SSSR count). The summed E-state index contributed by atoms with van der Waals surface area (Å²) in [5, 5.41) is 2.61. The third-order valence-electron chi connectivity index (χ3n) is 5.45. The van der Waals surface area contributed by atoms with Gasteiger partial charge in [-0.25, -0.2) is 23.7 Å². The van der Waals surface area contributed by atoms with Crippen LogP contribution in [0.3, 0.4) is 0 Å². The average molecular weight is 433 g/mol. The van der Waals surface area contributed by atoms with Gasteiger partial charge in [0.05, 0.1) is 38.6 Å². The molecule has 2 aliphatic rings. The van der Waals surface area contributed by atoms with Crippen molar-refractivity contribution in [3.63, 3.8) is 0 Å². The zero-order chi connectivity index (χ0) is 22.0. The predicted octanol–water partition coefficient (Wildman–Crippen LogP) is 1.79. The monoisotopic (exact) mass is 433 g/mol. The highest BCUT2D eigenvalue weighted by atomic mass is 19.1. The van der Waals surface area contributed by atoms with Crippen molar-refractivity contribution in [3.8, 4) is 5.88 Å². The maximum absolute atomic E-state index is 14.9. The van der Waals surface area contributed by atoms with Crippen molar-refractivity contribution in [2.45, 2.75) is 18.1 Å². The quantitative estimate of drug-likeness (QED) is 0.737.